The van der Waals surface area contributed by atoms with E-state index in [1.807, 2.05) is 48.5 Å². The van der Waals surface area contributed by atoms with E-state index in [1.165, 1.54) is 6.08 Å². The predicted octanol–water partition coefficient (Wildman–Crippen LogP) is 2.90. The highest BCUT2D eigenvalue weighted by Gasteiger charge is 2.21. The van der Waals surface area contributed by atoms with Crippen LogP contribution in [0.25, 0.3) is 17.0 Å². The lowest BCUT2D eigenvalue weighted by Crippen LogP contribution is -2.48. The third kappa shape index (κ3) is 4.01. The van der Waals surface area contributed by atoms with Crippen molar-refractivity contribution >= 4 is 28.6 Å². The second kappa shape index (κ2) is 8.22. The quantitative estimate of drug-likeness (QED) is 0.697. The van der Waals surface area contributed by atoms with Crippen LogP contribution in [0.4, 0.5) is 5.69 Å². The zero-order valence-electron chi connectivity index (χ0n) is 16.3. The number of amides is 1. The zero-order chi connectivity index (χ0) is 20.2. The number of hydrogen-bond donors (Lipinski definition) is 1. The monoisotopic (exact) mass is 389 g/mol. The summed E-state index contributed by atoms with van der Waals surface area (Å²) in [4.78, 5) is 31.7. The molecule has 0 spiro atoms. The van der Waals surface area contributed by atoms with Gasteiger partial charge in [-0.1, -0.05) is 30.3 Å². The first-order valence-electron chi connectivity index (χ1n) is 9.63. The molecule has 2 aromatic carbocycles. The molecule has 1 amide bonds. The molecule has 1 N–H and O–H groups in total. The van der Waals surface area contributed by atoms with Gasteiger partial charge in [0.25, 0.3) is 5.56 Å². The summed E-state index contributed by atoms with van der Waals surface area (Å²) in [5, 5.41) is 0.935. The fourth-order valence-electron chi connectivity index (χ4n) is 3.61. The minimum absolute atomic E-state index is 0.0859. The molecule has 1 aromatic heterocycles. The van der Waals surface area contributed by atoms with Gasteiger partial charge in [-0.2, -0.15) is 0 Å². The number of aromatic nitrogens is 1. The minimum Gasteiger partial charge on any atom is -0.495 e. The number of nitrogens with one attached hydrogen (secondary N) is 1. The number of hydrogen-bond acceptors (Lipinski definition) is 4. The molecule has 2 heterocycles. The van der Waals surface area contributed by atoms with Crippen molar-refractivity contribution in [3.63, 3.8) is 0 Å². The number of pyridine rings is 1. The number of aromatic amines is 1. The number of ether oxygens (including phenoxy) is 1. The van der Waals surface area contributed by atoms with Crippen LogP contribution in [0.5, 0.6) is 5.75 Å². The summed E-state index contributed by atoms with van der Waals surface area (Å²) < 4.78 is 5.44. The summed E-state index contributed by atoms with van der Waals surface area (Å²) in [5.74, 6) is 0.750. The fraction of sp³-hybridized carbons (Fsp3) is 0.217. The van der Waals surface area contributed by atoms with Crippen LogP contribution in [-0.4, -0.2) is 49.1 Å². The van der Waals surface area contributed by atoms with Crippen molar-refractivity contribution in [1.29, 1.82) is 0 Å². The second-order valence-corrected chi connectivity index (χ2v) is 6.96. The van der Waals surface area contributed by atoms with E-state index in [-0.39, 0.29) is 11.5 Å². The summed E-state index contributed by atoms with van der Waals surface area (Å²) in [6.07, 6.45) is 3.08. The summed E-state index contributed by atoms with van der Waals surface area (Å²) >= 11 is 0. The van der Waals surface area contributed by atoms with Crippen LogP contribution in [0.2, 0.25) is 0 Å². The Morgan fingerprint density at radius 1 is 1.03 bits per heavy atom. The summed E-state index contributed by atoms with van der Waals surface area (Å²) in [5.41, 5.74) is 2.10. The molecule has 29 heavy (non-hydrogen) atoms. The topological polar surface area (TPSA) is 65.6 Å². The third-order valence-corrected chi connectivity index (χ3v) is 5.20. The molecule has 3 aromatic rings. The van der Waals surface area contributed by atoms with Gasteiger partial charge in [0, 0.05) is 43.3 Å². The van der Waals surface area contributed by atoms with Crippen LogP contribution in [0, 0.1) is 0 Å². The first kappa shape index (κ1) is 18.8. The molecule has 1 aliphatic heterocycles. The first-order chi connectivity index (χ1) is 14.2. The number of carbonyl (C=O) groups excluding carboxylic acids is 1. The molecule has 0 aliphatic carbocycles. The van der Waals surface area contributed by atoms with Crippen LogP contribution in [0.3, 0.4) is 0 Å². The third-order valence-electron chi connectivity index (χ3n) is 5.20. The zero-order valence-corrected chi connectivity index (χ0v) is 16.3. The van der Waals surface area contributed by atoms with Gasteiger partial charge in [-0.3, -0.25) is 9.59 Å². The number of piperazine rings is 1. The van der Waals surface area contributed by atoms with Crippen molar-refractivity contribution in [2.75, 3.05) is 38.2 Å². The minimum atomic E-state index is -0.200. The molecule has 0 atom stereocenters. The number of carbonyl (C=O) groups is 1. The van der Waals surface area contributed by atoms with Crippen molar-refractivity contribution in [2.45, 2.75) is 0 Å². The highest BCUT2D eigenvalue weighted by molar-refractivity contribution is 5.92. The molecule has 6 heteroatoms. The number of benzene rings is 2. The van der Waals surface area contributed by atoms with Crippen molar-refractivity contribution in [3.8, 4) is 5.75 Å². The number of nitrogens with zero attached hydrogens (tertiary/aromatic N) is 2. The number of rotatable bonds is 4. The maximum atomic E-state index is 12.6. The number of anilines is 1. The number of methoxy groups -OCH3 is 1. The van der Waals surface area contributed by atoms with Gasteiger partial charge < -0.3 is 19.5 Å². The summed E-state index contributed by atoms with van der Waals surface area (Å²) in [6, 6.07) is 17.3. The number of H-pyrrole nitrogens is 1. The Kier molecular flexibility index (Phi) is 5.33. The van der Waals surface area contributed by atoms with E-state index < -0.39 is 0 Å². The van der Waals surface area contributed by atoms with Gasteiger partial charge in [-0.15, -0.1) is 0 Å². The van der Waals surface area contributed by atoms with Crippen LogP contribution in [-0.2, 0) is 4.79 Å². The Balaban J connectivity index is 1.42. The lowest BCUT2D eigenvalue weighted by molar-refractivity contribution is -0.126. The van der Waals surface area contributed by atoms with Crippen molar-refractivity contribution in [2.24, 2.45) is 0 Å². The molecule has 0 saturated carbocycles. The molecule has 148 valence electrons. The van der Waals surface area contributed by atoms with Gasteiger partial charge >= 0.3 is 0 Å². The molecule has 0 unspecified atom stereocenters. The van der Waals surface area contributed by atoms with Gasteiger partial charge in [0.15, 0.2) is 0 Å². The van der Waals surface area contributed by atoms with E-state index in [9.17, 15) is 9.59 Å². The SMILES string of the molecule is COc1ccccc1N1CCN(C(=O)/C=C/c2cc3ccccc3[nH]c2=O)CC1. The van der Waals surface area contributed by atoms with Gasteiger partial charge in [0.05, 0.1) is 12.8 Å². The molecule has 0 bridgehead atoms. The van der Waals surface area contributed by atoms with E-state index in [2.05, 4.69) is 9.88 Å². The summed E-state index contributed by atoms with van der Waals surface area (Å²) in [7, 11) is 1.66. The molecule has 0 radical (unpaired) electrons. The van der Waals surface area contributed by atoms with Crippen molar-refractivity contribution in [1.82, 2.24) is 9.88 Å². The maximum absolute atomic E-state index is 12.6. The summed E-state index contributed by atoms with van der Waals surface area (Å²) in [6.45, 7) is 2.71. The van der Waals surface area contributed by atoms with Crippen LogP contribution in [0.1, 0.15) is 5.56 Å². The van der Waals surface area contributed by atoms with E-state index in [0.29, 0.717) is 18.7 Å². The Morgan fingerprint density at radius 3 is 2.55 bits per heavy atom. The molecular formula is C23H23N3O3. The molecule has 1 aliphatic rings. The smallest absolute Gasteiger partial charge is 0.255 e. The van der Waals surface area contributed by atoms with Gasteiger partial charge in [-0.25, -0.2) is 0 Å². The highest BCUT2D eigenvalue weighted by Crippen LogP contribution is 2.28. The van der Waals surface area contributed by atoms with Crippen molar-refractivity contribution < 1.29 is 9.53 Å². The largest absolute Gasteiger partial charge is 0.495 e. The van der Waals surface area contributed by atoms with Gasteiger partial charge in [-0.05, 0) is 35.7 Å². The van der Waals surface area contributed by atoms with Gasteiger partial charge in [0.1, 0.15) is 5.75 Å². The van der Waals surface area contributed by atoms with Crippen LogP contribution < -0.4 is 15.2 Å². The average Bonchev–Trinajstić information content (AvgIpc) is 2.77. The standard InChI is InChI=1S/C23H23N3O3/c1-29-21-9-5-4-8-20(21)25-12-14-26(15-13-25)22(27)11-10-18-16-17-6-2-3-7-19(17)24-23(18)28/h2-11,16H,12-15H2,1H3,(H,24,28)/b11-10+. The molecule has 4 rings (SSSR count). The predicted molar refractivity (Wildman–Crippen MR) is 115 cm³/mol. The highest BCUT2D eigenvalue weighted by atomic mass is 16.5. The number of para-hydroxylation sites is 3. The Morgan fingerprint density at radius 2 is 1.76 bits per heavy atom. The normalized spacial score (nSPS) is 14.5. The Bertz CT molecular complexity index is 1110. The molecular weight excluding hydrogens is 366 g/mol. The number of fused-ring (bicyclic) bond motifs is 1. The van der Waals surface area contributed by atoms with E-state index >= 15 is 0 Å². The van der Waals surface area contributed by atoms with Gasteiger partial charge in [0.2, 0.25) is 5.91 Å². The van der Waals surface area contributed by atoms with Crippen molar-refractivity contribution in [3.05, 3.63) is 76.6 Å². The second-order valence-electron chi connectivity index (χ2n) is 6.96. The first-order valence-corrected chi connectivity index (χ1v) is 9.63. The lowest BCUT2D eigenvalue weighted by atomic mass is 10.1. The average molecular weight is 389 g/mol. The lowest BCUT2D eigenvalue weighted by Gasteiger charge is -2.36. The maximum Gasteiger partial charge on any atom is 0.255 e. The van der Waals surface area contributed by atoms with E-state index in [1.54, 1.807) is 24.2 Å². The Labute approximate surface area is 169 Å². The molecule has 1 saturated heterocycles. The fourth-order valence-corrected chi connectivity index (χ4v) is 3.61. The van der Waals surface area contributed by atoms with Crippen LogP contribution >= 0.6 is 0 Å². The molecule has 1 fully saturated rings. The van der Waals surface area contributed by atoms with Crippen LogP contribution in [0.15, 0.2) is 65.5 Å². The Hall–Kier alpha value is -3.54. The van der Waals surface area contributed by atoms with E-state index in [4.69, 9.17) is 4.74 Å². The van der Waals surface area contributed by atoms with E-state index in [0.717, 1.165) is 35.4 Å². The molecule has 6 nitrogen and oxygen atoms in total.